The molecule has 7 heteroatoms. The van der Waals surface area contributed by atoms with Crippen LogP contribution in [0.1, 0.15) is 24.5 Å². The van der Waals surface area contributed by atoms with Crippen LogP contribution in [0.25, 0.3) is 0 Å². The fourth-order valence-electron chi connectivity index (χ4n) is 3.66. The van der Waals surface area contributed by atoms with Gasteiger partial charge in [0.15, 0.2) is 0 Å². The average Bonchev–Trinajstić information content (AvgIpc) is 3.24. The topological polar surface area (TPSA) is 70.7 Å². The van der Waals surface area contributed by atoms with Gasteiger partial charge in [0.1, 0.15) is 18.2 Å². The molecule has 33 heavy (non-hydrogen) atoms. The number of hydrogen-bond acceptors (Lipinski definition) is 4. The Labute approximate surface area is 192 Å². The lowest BCUT2D eigenvalue weighted by Crippen LogP contribution is -2.36. The van der Waals surface area contributed by atoms with Gasteiger partial charge in [-0.1, -0.05) is 31.2 Å². The first kappa shape index (κ1) is 22.3. The molecule has 2 N–H and O–H groups in total. The highest BCUT2D eigenvalue weighted by Gasteiger charge is 2.35. The summed E-state index contributed by atoms with van der Waals surface area (Å²) in [6.45, 7) is 2.77. The van der Waals surface area contributed by atoms with E-state index in [2.05, 4.69) is 17.8 Å². The van der Waals surface area contributed by atoms with Crippen molar-refractivity contribution in [1.29, 1.82) is 0 Å². The van der Waals surface area contributed by atoms with E-state index in [-0.39, 0.29) is 24.1 Å². The van der Waals surface area contributed by atoms with Crippen LogP contribution in [-0.2, 0) is 22.6 Å². The second-order valence-corrected chi connectivity index (χ2v) is 7.98. The average molecular weight is 448 g/mol. The summed E-state index contributed by atoms with van der Waals surface area (Å²) in [6, 6.07) is 21.1. The third kappa shape index (κ3) is 5.68. The molecule has 0 aromatic heterocycles. The molecule has 1 saturated heterocycles. The number of aryl methyl sites for hydroxylation is 1. The van der Waals surface area contributed by atoms with Gasteiger partial charge >= 0.3 is 0 Å². The van der Waals surface area contributed by atoms with Gasteiger partial charge in [0.2, 0.25) is 11.8 Å². The number of benzene rings is 3. The number of nitrogens with one attached hydrogen (secondary N) is 2. The van der Waals surface area contributed by atoms with Gasteiger partial charge in [-0.05, 0) is 66.1 Å². The molecule has 1 atom stereocenters. The molecule has 0 unspecified atom stereocenters. The molecule has 170 valence electrons. The normalized spacial score (nSPS) is 15.4. The number of halogens is 1. The van der Waals surface area contributed by atoms with Crippen molar-refractivity contribution >= 4 is 23.2 Å². The molecule has 0 radical (unpaired) electrons. The lowest BCUT2D eigenvalue weighted by molar-refractivity contribution is -0.125. The lowest BCUT2D eigenvalue weighted by atomic mass is 10.1. The van der Waals surface area contributed by atoms with Gasteiger partial charge in [-0.15, -0.1) is 0 Å². The number of carbonyl (C=O) groups is 2. The van der Waals surface area contributed by atoms with Crippen LogP contribution >= 0.6 is 0 Å². The summed E-state index contributed by atoms with van der Waals surface area (Å²) in [5.41, 5.74) is 9.15. The Bertz CT molecular complexity index is 1100. The molecule has 6 nitrogen and oxygen atoms in total. The molecule has 2 amide bonds. The predicted octanol–water partition coefficient (Wildman–Crippen LogP) is 4.46. The summed E-state index contributed by atoms with van der Waals surface area (Å²) in [5, 5.41) is 0. The largest absolute Gasteiger partial charge is 0.489 e. The SMILES string of the molecule is CCc1ccc(N2C[C@H](C(=O)NNc3ccc(OCc4ccc(F)cc4)cc3)CC2=O)cc1. The molecule has 1 aliphatic heterocycles. The monoisotopic (exact) mass is 447 g/mol. The minimum atomic E-state index is -0.422. The van der Waals surface area contributed by atoms with Crippen molar-refractivity contribution < 1.29 is 18.7 Å². The van der Waals surface area contributed by atoms with Crippen LogP contribution in [-0.4, -0.2) is 18.4 Å². The van der Waals surface area contributed by atoms with Crippen LogP contribution in [0.4, 0.5) is 15.8 Å². The minimum Gasteiger partial charge on any atom is -0.489 e. The third-order valence-electron chi connectivity index (χ3n) is 5.66. The van der Waals surface area contributed by atoms with Crippen molar-refractivity contribution in [3.05, 3.63) is 89.7 Å². The Morgan fingerprint density at radius 2 is 1.67 bits per heavy atom. The molecule has 4 rings (SSSR count). The number of hydrogen-bond donors (Lipinski definition) is 2. The van der Waals surface area contributed by atoms with Gasteiger partial charge in [0, 0.05) is 18.7 Å². The number of rotatable bonds is 8. The standard InChI is InChI=1S/C26H26FN3O3/c1-2-18-5-11-23(12-6-18)30-16-20(15-25(30)31)26(32)29-28-22-9-13-24(14-10-22)33-17-19-3-7-21(27)8-4-19/h3-14,20,28H,2,15-17H2,1H3,(H,29,32)/t20-/m1/s1. The van der Waals surface area contributed by atoms with Crippen molar-refractivity contribution in [3.63, 3.8) is 0 Å². The number of hydrazine groups is 1. The highest BCUT2D eigenvalue weighted by atomic mass is 19.1. The van der Waals surface area contributed by atoms with Crippen molar-refractivity contribution in [2.45, 2.75) is 26.4 Å². The molecule has 3 aromatic carbocycles. The van der Waals surface area contributed by atoms with Crippen molar-refractivity contribution in [2.75, 3.05) is 16.9 Å². The van der Waals surface area contributed by atoms with Crippen molar-refractivity contribution in [3.8, 4) is 5.75 Å². The Morgan fingerprint density at radius 3 is 2.33 bits per heavy atom. The number of amides is 2. The van der Waals surface area contributed by atoms with Crippen LogP contribution in [0.5, 0.6) is 5.75 Å². The molecular weight excluding hydrogens is 421 g/mol. The summed E-state index contributed by atoms with van der Waals surface area (Å²) < 4.78 is 18.7. The predicted molar refractivity (Wildman–Crippen MR) is 125 cm³/mol. The second-order valence-electron chi connectivity index (χ2n) is 7.98. The van der Waals surface area contributed by atoms with E-state index >= 15 is 0 Å². The number of anilines is 2. The van der Waals surface area contributed by atoms with E-state index in [1.54, 1.807) is 41.3 Å². The zero-order valence-corrected chi connectivity index (χ0v) is 18.4. The molecule has 0 bridgehead atoms. The minimum absolute atomic E-state index is 0.0537. The summed E-state index contributed by atoms with van der Waals surface area (Å²) >= 11 is 0. The van der Waals surface area contributed by atoms with Gasteiger partial charge in [-0.2, -0.15) is 0 Å². The van der Waals surface area contributed by atoms with Gasteiger partial charge < -0.3 is 9.64 Å². The maximum Gasteiger partial charge on any atom is 0.243 e. The summed E-state index contributed by atoms with van der Waals surface area (Å²) in [4.78, 5) is 26.7. The molecular formula is C26H26FN3O3. The first-order valence-electron chi connectivity index (χ1n) is 10.9. The first-order chi connectivity index (χ1) is 16.0. The van der Waals surface area contributed by atoms with Crippen LogP contribution in [0.15, 0.2) is 72.8 Å². The highest BCUT2D eigenvalue weighted by Crippen LogP contribution is 2.26. The van der Waals surface area contributed by atoms with Crippen LogP contribution < -0.4 is 20.5 Å². The van der Waals surface area contributed by atoms with Gasteiger partial charge in [-0.25, -0.2) is 4.39 Å². The molecule has 3 aromatic rings. The maximum absolute atomic E-state index is 13.0. The Hall–Kier alpha value is -3.87. The van der Waals surface area contributed by atoms with Crippen LogP contribution in [0, 0.1) is 11.7 Å². The van der Waals surface area contributed by atoms with Gasteiger partial charge in [0.05, 0.1) is 11.6 Å². The van der Waals surface area contributed by atoms with E-state index in [1.165, 1.54) is 17.7 Å². The smallest absolute Gasteiger partial charge is 0.243 e. The van der Waals surface area contributed by atoms with Crippen molar-refractivity contribution in [1.82, 2.24) is 5.43 Å². The number of carbonyl (C=O) groups excluding carboxylic acids is 2. The molecule has 1 aliphatic rings. The van der Waals surface area contributed by atoms with Gasteiger partial charge in [-0.3, -0.25) is 20.4 Å². The Kier molecular flexibility index (Phi) is 6.88. The molecule has 0 saturated carbocycles. The zero-order chi connectivity index (χ0) is 23.2. The zero-order valence-electron chi connectivity index (χ0n) is 18.4. The molecule has 1 heterocycles. The Balaban J connectivity index is 1.26. The van der Waals surface area contributed by atoms with E-state index in [4.69, 9.17) is 4.74 Å². The second kappa shape index (κ2) is 10.2. The van der Waals surface area contributed by atoms with E-state index in [9.17, 15) is 14.0 Å². The summed E-state index contributed by atoms with van der Waals surface area (Å²) in [5.74, 6) is -0.331. The van der Waals surface area contributed by atoms with Crippen LogP contribution in [0.3, 0.4) is 0 Å². The number of nitrogens with zero attached hydrogens (tertiary/aromatic N) is 1. The highest BCUT2D eigenvalue weighted by molar-refractivity contribution is 6.00. The lowest BCUT2D eigenvalue weighted by Gasteiger charge is -2.17. The molecule has 1 fully saturated rings. The maximum atomic E-state index is 13.0. The number of ether oxygens (including phenoxy) is 1. The fourth-order valence-corrected chi connectivity index (χ4v) is 3.66. The first-order valence-corrected chi connectivity index (χ1v) is 10.9. The third-order valence-corrected chi connectivity index (χ3v) is 5.66. The molecule has 0 aliphatic carbocycles. The van der Waals surface area contributed by atoms with E-state index in [0.29, 0.717) is 24.6 Å². The van der Waals surface area contributed by atoms with Gasteiger partial charge in [0.25, 0.3) is 0 Å². The van der Waals surface area contributed by atoms with E-state index in [1.807, 2.05) is 24.3 Å². The van der Waals surface area contributed by atoms with Crippen molar-refractivity contribution in [2.24, 2.45) is 5.92 Å². The van der Waals surface area contributed by atoms with E-state index < -0.39 is 5.92 Å². The summed E-state index contributed by atoms with van der Waals surface area (Å²) in [6.07, 6.45) is 1.12. The van der Waals surface area contributed by atoms with Crippen LogP contribution in [0.2, 0.25) is 0 Å². The summed E-state index contributed by atoms with van der Waals surface area (Å²) in [7, 11) is 0. The molecule has 0 spiro atoms. The quantitative estimate of drug-likeness (QED) is 0.500. The Morgan fingerprint density at radius 1 is 1.00 bits per heavy atom. The van der Waals surface area contributed by atoms with E-state index in [0.717, 1.165) is 17.7 Å². The fraction of sp³-hybridized carbons (Fsp3) is 0.231.